The monoisotopic (exact) mass is 507 g/mol. The van der Waals surface area contributed by atoms with Gasteiger partial charge in [0.05, 0.1) is 11.6 Å². The Balaban J connectivity index is 1.97. The molecule has 11 heteroatoms. The highest BCUT2D eigenvalue weighted by Gasteiger charge is 2.54. The first kappa shape index (κ1) is 27.0. The predicted molar refractivity (Wildman–Crippen MR) is 124 cm³/mol. The van der Waals surface area contributed by atoms with E-state index in [0.29, 0.717) is 11.8 Å². The maximum Gasteiger partial charge on any atom is 0.388 e. The van der Waals surface area contributed by atoms with Gasteiger partial charge in [0.25, 0.3) is 0 Å². The smallest absolute Gasteiger partial charge is 0.388 e. The van der Waals surface area contributed by atoms with Crippen LogP contribution in [-0.2, 0) is 19.8 Å². The van der Waals surface area contributed by atoms with Gasteiger partial charge in [-0.3, -0.25) is 14.4 Å². The van der Waals surface area contributed by atoms with Crippen LogP contribution in [0.25, 0.3) is 0 Å². The summed E-state index contributed by atoms with van der Waals surface area (Å²) in [6.45, 7) is 3.34. The molecule has 8 nitrogen and oxygen atoms in total. The number of anilines is 1. The zero-order valence-corrected chi connectivity index (χ0v) is 20.3. The molecule has 1 fully saturated rings. The average Bonchev–Trinajstić information content (AvgIpc) is 2.74. The third-order valence-electron chi connectivity index (χ3n) is 6.25. The fourth-order valence-electron chi connectivity index (χ4n) is 4.16. The van der Waals surface area contributed by atoms with Crippen molar-refractivity contribution >= 4 is 23.5 Å². The molecule has 1 aliphatic rings. The second-order valence-corrected chi connectivity index (χ2v) is 9.78. The number of amides is 2. The molecule has 1 aromatic heterocycles. The minimum absolute atomic E-state index is 0.00938. The van der Waals surface area contributed by atoms with Gasteiger partial charge >= 0.3 is 12.6 Å². The lowest BCUT2D eigenvalue weighted by Crippen LogP contribution is -2.67. The summed E-state index contributed by atoms with van der Waals surface area (Å²) in [7, 11) is 0. The average molecular weight is 508 g/mol. The largest absolute Gasteiger partial charge is 0.481 e. The van der Waals surface area contributed by atoms with Gasteiger partial charge in [0.15, 0.2) is 0 Å². The molecule has 0 atom stereocenters. The van der Waals surface area contributed by atoms with Crippen LogP contribution in [-0.4, -0.2) is 52.5 Å². The lowest BCUT2D eigenvalue weighted by Gasteiger charge is -2.50. The summed E-state index contributed by atoms with van der Waals surface area (Å²) in [5.74, 6) is -3.75. The number of benzene rings is 1. The molecule has 0 bridgehead atoms. The molecule has 2 aromatic rings. The van der Waals surface area contributed by atoms with Crippen molar-refractivity contribution in [2.24, 2.45) is 5.41 Å². The Bertz CT molecular complexity index is 1160. The molecule has 194 valence electrons. The number of nitrogens with one attached hydrogen (secondary N) is 1. The molecule has 1 saturated heterocycles. The van der Waals surface area contributed by atoms with Crippen molar-refractivity contribution in [2.45, 2.75) is 52.1 Å². The number of alkyl halides is 2. The first-order valence-electron chi connectivity index (χ1n) is 11.3. The number of rotatable bonds is 9. The van der Waals surface area contributed by atoms with E-state index < -0.39 is 46.9 Å². The number of carbonyl (C=O) groups is 3. The van der Waals surface area contributed by atoms with Gasteiger partial charge in [0, 0.05) is 25.6 Å². The van der Waals surface area contributed by atoms with E-state index >= 15 is 0 Å². The number of carboxylic acid groups (broad SMARTS) is 1. The second kappa shape index (κ2) is 10.2. The number of halogens is 3. The van der Waals surface area contributed by atoms with Crippen LogP contribution in [0.3, 0.4) is 0 Å². The molecule has 2 amide bonds. The second-order valence-electron chi connectivity index (χ2n) is 9.78. The highest BCUT2D eigenvalue weighted by molar-refractivity contribution is 6.02. The SMILES string of the molecule is CC(C)c1ccccc1C1(C(=O)Nc2cc(F)cnc2OC(F)F)CN(C(=O)CC(C)(C)C(=O)O)C1. The Morgan fingerprint density at radius 2 is 1.86 bits per heavy atom. The van der Waals surface area contributed by atoms with Crippen LogP contribution in [0.1, 0.15) is 51.2 Å². The summed E-state index contributed by atoms with van der Waals surface area (Å²) in [4.78, 5) is 42.9. The number of carboxylic acids is 1. The van der Waals surface area contributed by atoms with Gasteiger partial charge in [0.2, 0.25) is 17.7 Å². The number of nitrogens with zero attached hydrogens (tertiary/aromatic N) is 2. The standard InChI is InChI=1S/C25H28F3N3O5/c1-14(2)16-7-5-6-8-17(16)25(12-31(13-25)19(32)10-24(3,4)22(34)35)21(33)30-18-9-15(26)11-29-20(18)36-23(27)28/h5-9,11,14,23H,10,12-13H2,1-4H3,(H,30,33)(H,34,35). The highest BCUT2D eigenvalue weighted by Crippen LogP contribution is 2.41. The molecule has 0 radical (unpaired) electrons. The van der Waals surface area contributed by atoms with Gasteiger partial charge in [-0.15, -0.1) is 0 Å². The maximum absolute atomic E-state index is 13.9. The highest BCUT2D eigenvalue weighted by atomic mass is 19.3. The molecule has 0 aliphatic carbocycles. The fraction of sp³-hybridized carbons (Fsp3) is 0.440. The van der Waals surface area contributed by atoms with Crippen LogP contribution in [0.15, 0.2) is 36.5 Å². The summed E-state index contributed by atoms with van der Waals surface area (Å²) in [6.07, 6.45) is 0.414. The Labute approximate surface area is 206 Å². The van der Waals surface area contributed by atoms with Gasteiger partial charge in [-0.05, 0) is 30.9 Å². The lowest BCUT2D eigenvalue weighted by atomic mass is 9.69. The molecule has 0 saturated carbocycles. The van der Waals surface area contributed by atoms with E-state index in [1.54, 1.807) is 12.1 Å². The number of hydrogen-bond donors (Lipinski definition) is 2. The van der Waals surface area contributed by atoms with Gasteiger partial charge in [-0.25, -0.2) is 9.37 Å². The Morgan fingerprint density at radius 1 is 1.22 bits per heavy atom. The molecular weight excluding hydrogens is 479 g/mol. The van der Waals surface area contributed by atoms with Crippen molar-refractivity contribution in [2.75, 3.05) is 18.4 Å². The number of aliphatic carboxylic acids is 1. The number of carbonyl (C=O) groups excluding carboxylic acids is 2. The first-order valence-corrected chi connectivity index (χ1v) is 11.3. The van der Waals surface area contributed by atoms with E-state index in [1.165, 1.54) is 18.7 Å². The Morgan fingerprint density at radius 3 is 2.44 bits per heavy atom. The molecule has 0 unspecified atom stereocenters. The number of aromatic nitrogens is 1. The van der Waals surface area contributed by atoms with Crippen LogP contribution in [0.2, 0.25) is 0 Å². The Hall–Kier alpha value is -3.63. The molecule has 1 aliphatic heterocycles. The van der Waals surface area contributed by atoms with Crippen LogP contribution < -0.4 is 10.1 Å². The van der Waals surface area contributed by atoms with Crippen molar-refractivity contribution in [1.82, 2.24) is 9.88 Å². The van der Waals surface area contributed by atoms with Crippen molar-refractivity contribution in [3.05, 3.63) is 53.5 Å². The fourth-order valence-corrected chi connectivity index (χ4v) is 4.16. The predicted octanol–water partition coefficient (Wildman–Crippen LogP) is 4.17. The molecule has 3 rings (SSSR count). The maximum atomic E-state index is 13.9. The number of ether oxygens (including phenoxy) is 1. The van der Waals surface area contributed by atoms with Crippen molar-refractivity contribution in [3.63, 3.8) is 0 Å². The topological polar surface area (TPSA) is 109 Å². The molecule has 36 heavy (non-hydrogen) atoms. The van der Waals surface area contributed by atoms with Crippen LogP contribution in [0.4, 0.5) is 18.9 Å². The summed E-state index contributed by atoms with van der Waals surface area (Å²) >= 11 is 0. The van der Waals surface area contributed by atoms with Gasteiger partial charge in [-0.2, -0.15) is 8.78 Å². The zero-order valence-electron chi connectivity index (χ0n) is 20.3. The van der Waals surface area contributed by atoms with Crippen LogP contribution in [0.5, 0.6) is 5.88 Å². The number of hydrogen-bond acceptors (Lipinski definition) is 5. The van der Waals surface area contributed by atoms with Crippen LogP contribution in [0, 0.1) is 11.2 Å². The first-order chi connectivity index (χ1) is 16.8. The molecule has 0 spiro atoms. The summed E-state index contributed by atoms with van der Waals surface area (Å²) in [5.41, 5.74) is -1.51. The molecule has 2 N–H and O–H groups in total. The van der Waals surface area contributed by atoms with E-state index in [2.05, 4.69) is 15.0 Å². The molecule has 2 heterocycles. The van der Waals surface area contributed by atoms with Crippen molar-refractivity contribution < 1.29 is 37.4 Å². The summed E-state index contributed by atoms with van der Waals surface area (Å²) < 4.78 is 43.8. The third-order valence-corrected chi connectivity index (χ3v) is 6.25. The minimum Gasteiger partial charge on any atom is -0.481 e. The minimum atomic E-state index is -3.25. The normalized spacial score (nSPS) is 15.0. The summed E-state index contributed by atoms with van der Waals surface area (Å²) in [6, 6.07) is 7.97. The third kappa shape index (κ3) is 5.44. The van der Waals surface area contributed by atoms with E-state index in [1.807, 2.05) is 26.0 Å². The van der Waals surface area contributed by atoms with E-state index in [-0.39, 0.29) is 31.1 Å². The van der Waals surface area contributed by atoms with Gasteiger partial charge in [-0.1, -0.05) is 38.1 Å². The van der Waals surface area contributed by atoms with E-state index in [0.717, 1.165) is 11.6 Å². The summed E-state index contributed by atoms with van der Waals surface area (Å²) in [5, 5.41) is 11.8. The van der Waals surface area contributed by atoms with Gasteiger partial charge in [0.1, 0.15) is 16.9 Å². The van der Waals surface area contributed by atoms with Crippen molar-refractivity contribution in [1.29, 1.82) is 0 Å². The van der Waals surface area contributed by atoms with Crippen molar-refractivity contribution in [3.8, 4) is 5.88 Å². The Kier molecular flexibility index (Phi) is 7.61. The van der Waals surface area contributed by atoms with Gasteiger partial charge < -0.3 is 20.1 Å². The zero-order chi connectivity index (χ0) is 26.8. The number of pyridine rings is 1. The quantitative estimate of drug-likeness (QED) is 0.528. The number of likely N-dealkylation sites (tertiary alicyclic amines) is 1. The lowest BCUT2D eigenvalue weighted by molar-refractivity contribution is -0.155. The molecule has 1 aromatic carbocycles. The molecular formula is C25H28F3N3O5. The van der Waals surface area contributed by atoms with E-state index in [4.69, 9.17) is 0 Å². The van der Waals surface area contributed by atoms with Crippen LogP contribution >= 0.6 is 0 Å². The van der Waals surface area contributed by atoms with E-state index in [9.17, 15) is 32.7 Å².